The Bertz CT molecular complexity index is 683. The molecule has 0 radical (unpaired) electrons. The maximum absolute atomic E-state index is 13.0. The van der Waals surface area contributed by atoms with Crippen molar-refractivity contribution in [2.75, 3.05) is 13.1 Å². The Kier molecular flexibility index (Phi) is 5.00. The number of halogens is 3. The van der Waals surface area contributed by atoms with Gasteiger partial charge in [-0.15, -0.1) is 0 Å². The lowest BCUT2D eigenvalue weighted by Gasteiger charge is -2.22. The molecule has 1 fully saturated rings. The van der Waals surface area contributed by atoms with Crippen molar-refractivity contribution < 1.29 is 26.4 Å². The first kappa shape index (κ1) is 17.7. The van der Waals surface area contributed by atoms with E-state index in [0.717, 1.165) is 25.0 Å². The summed E-state index contributed by atoms with van der Waals surface area (Å²) in [5.41, 5.74) is -1.26. The number of amides is 1. The van der Waals surface area contributed by atoms with E-state index in [1.54, 1.807) is 0 Å². The van der Waals surface area contributed by atoms with E-state index in [1.807, 2.05) is 4.72 Å². The Hall–Kier alpha value is -1.61. The number of sulfonamides is 1. The van der Waals surface area contributed by atoms with E-state index in [0.29, 0.717) is 19.2 Å². The highest BCUT2D eigenvalue weighted by Gasteiger charge is 2.38. The van der Waals surface area contributed by atoms with Gasteiger partial charge in [-0.05, 0) is 31.9 Å². The first-order valence-corrected chi connectivity index (χ1v) is 8.58. The van der Waals surface area contributed by atoms with Crippen LogP contribution in [0.4, 0.5) is 13.2 Å². The molecule has 0 unspecified atom stereocenters. The summed E-state index contributed by atoms with van der Waals surface area (Å²) in [6.07, 6.45) is -3.13. The Morgan fingerprint density at radius 1 is 1.22 bits per heavy atom. The first-order valence-electron chi connectivity index (χ1n) is 7.10. The Morgan fingerprint density at radius 2 is 1.78 bits per heavy atom. The largest absolute Gasteiger partial charge is 0.417 e. The molecule has 0 aliphatic carbocycles. The molecule has 9 heteroatoms. The molecule has 128 valence electrons. The Balaban J connectivity index is 2.24. The predicted molar refractivity (Wildman–Crippen MR) is 77.0 cm³/mol. The second-order valence-corrected chi connectivity index (χ2v) is 7.05. The third kappa shape index (κ3) is 4.03. The molecule has 1 N–H and O–H groups in total. The molecule has 1 heterocycles. The number of benzene rings is 1. The highest BCUT2D eigenvalue weighted by molar-refractivity contribution is 7.89. The number of likely N-dealkylation sites (tertiary alicyclic amines) is 1. The summed E-state index contributed by atoms with van der Waals surface area (Å²) in [4.78, 5) is 12.7. The minimum Gasteiger partial charge on any atom is -0.341 e. The van der Waals surface area contributed by atoms with Crippen molar-refractivity contribution in [1.82, 2.24) is 9.62 Å². The fourth-order valence-electron chi connectivity index (χ4n) is 2.49. The van der Waals surface area contributed by atoms with Crippen LogP contribution in [0, 0.1) is 0 Å². The summed E-state index contributed by atoms with van der Waals surface area (Å²) in [5.74, 6) is -0.435. The van der Waals surface area contributed by atoms with E-state index in [1.165, 1.54) is 17.9 Å². The van der Waals surface area contributed by atoms with Gasteiger partial charge in [0.25, 0.3) is 0 Å². The molecule has 1 saturated heterocycles. The summed E-state index contributed by atoms with van der Waals surface area (Å²) in [7, 11) is -4.47. The monoisotopic (exact) mass is 350 g/mol. The van der Waals surface area contributed by atoms with Crippen LogP contribution in [-0.2, 0) is 21.0 Å². The SMILES string of the molecule is C[C@H](NS(=O)(=O)c1ccccc1C(F)(F)F)C(=O)N1CCCC1. The highest BCUT2D eigenvalue weighted by Crippen LogP contribution is 2.33. The Labute approximate surface area is 132 Å². The number of alkyl halides is 3. The Morgan fingerprint density at radius 3 is 2.35 bits per heavy atom. The van der Waals surface area contributed by atoms with Crippen LogP contribution in [0.3, 0.4) is 0 Å². The van der Waals surface area contributed by atoms with Gasteiger partial charge in [-0.3, -0.25) is 4.79 Å². The zero-order chi connectivity index (χ0) is 17.3. The average Bonchev–Trinajstić information content (AvgIpc) is 2.99. The van der Waals surface area contributed by atoms with Gasteiger partial charge < -0.3 is 4.90 Å². The van der Waals surface area contributed by atoms with Crippen molar-refractivity contribution in [1.29, 1.82) is 0 Å². The molecule has 1 aromatic carbocycles. The van der Waals surface area contributed by atoms with Crippen LogP contribution in [0.5, 0.6) is 0 Å². The second-order valence-electron chi connectivity index (χ2n) is 5.37. The highest BCUT2D eigenvalue weighted by atomic mass is 32.2. The predicted octanol–water partition coefficient (Wildman–Crippen LogP) is 1.99. The summed E-state index contributed by atoms with van der Waals surface area (Å²) in [6.45, 7) is 2.39. The van der Waals surface area contributed by atoms with E-state index in [4.69, 9.17) is 0 Å². The molecule has 5 nitrogen and oxygen atoms in total. The molecule has 1 amide bonds. The third-order valence-corrected chi connectivity index (χ3v) is 5.20. The third-order valence-electron chi connectivity index (χ3n) is 3.60. The number of hydrogen-bond acceptors (Lipinski definition) is 3. The molecule has 1 aromatic rings. The summed E-state index contributed by atoms with van der Waals surface area (Å²) < 4.78 is 65.4. The molecular weight excluding hydrogens is 333 g/mol. The second kappa shape index (κ2) is 6.48. The lowest BCUT2D eigenvalue weighted by atomic mass is 10.2. The fraction of sp³-hybridized carbons (Fsp3) is 0.500. The molecular formula is C14H17F3N2O3S. The van der Waals surface area contributed by atoms with Crippen LogP contribution >= 0.6 is 0 Å². The summed E-state index contributed by atoms with van der Waals surface area (Å²) in [5, 5.41) is 0. The molecule has 0 aromatic heterocycles. The molecule has 1 aliphatic rings. The number of hydrogen-bond donors (Lipinski definition) is 1. The lowest BCUT2D eigenvalue weighted by molar-refractivity contribution is -0.139. The van der Waals surface area contributed by atoms with Crippen LogP contribution in [0.15, 0.2) is 29.2 Å². The van der Waals surface area contributed by atoms with Crippen molar-refractivity contribution in [2.24, 2.45) is 0 Å². The van der Waals surface area contributed by atoms with E-state index in [9.17, 15) is 26.4 Å². The number of nitrogens with zero attached hydrogens (tertiary/aromatic N) is 1. The van der Waals surface area contributed by atoms with Gasteiger partial charge in [0.1, 0.15) is 0 Å². The summed E-state index contributed by atoms with van der Waals surface area (Å²) >= 11 is 0. The zero-order valence-electron chi connectivity index (χ0n) is 12.4. The van der Waals surface area contributed by atoms with Gasteiger partial charge in [0.05, 0.1) is 16.5 Å². The van der Waals surface area contributed by atoms with Gasteiger partial charge in [-0.25, -0.2) is 8.42 Å². The van der Waals surface area contributed by atoms with Gasteiger partial charge in [0.15, 0.2) is 0 Å². The fourth-order valence-corrected chi connectivity index (χ4v) is 3.92. The summed E-state index contributed by atoms with van der Waals surface area (Å²) in [6, 6.07) is 2.76. The normalized spacial score (nSPS) is 17.3. The van der Waals surface area contributed by atoms with Crippen LogP contribution < -0.4 is 4.72 Å². The molecule has 1 atom stereocenters. The zero-order valence-corrected chi connectivity index (χ0v) is 13.2. The molecule has 2 rings (SSSR count). The van der Waals surface area contributed by atoms with E-state index in [2.05, 4.69) is 0 Å². The molecule has 0 saturated carbocycles. The van der Waals surface area contributed by atoms with Crippen LogP contribution in [-0.4, -0.2) is 38.4 Å². The minimum absolute atomic E-state index is 0.435. The number of nitrogens with one attached hydrogen (secondary N) is 1. The van der Waals surface area contributed by atoms with Gasteiger partial charge in [-0.1, -0.05) is 12.1 Å². The van der Waals surface area contributed by atoms with Crippen molar-refractivity contribution in [3.05, 3.63) is 29.8 Å². The topological polar surface area (TPSA) is 66.5 Å². The first-order chi connectivity index (χ1) is 10.6. The van der Waals surface area contributed by atoms with Crippen molar-refractivity contribution in [3.8, 4) is 0 Å². The van der Waals surface area contributed by atoms with Crippen LogP contribution in [0.1, 0.15) is 25.3 Å². The molecule has 0 spiro atoms. The van der Waals surface area contributed by atoms with E-state index >= 15 is 0 Å². The molecule has 0 bridgehead atoms. The van der Waals surface area contributed by atoms with Crippen molar-refractivity contribution >= 4 is 15.9 Å². The van der Waals surface area contributed by atoms with Crippen LogP contribution in [0.2, 0.25) is 0 Å². The number of carbonyl (C=O) groups is 1. The minimum atomic E-state index is -4.80. The van der Waals surface area contributed by atoms with Crippen molar-refractivity contribution in [2.45, 2.75) is 36.9 Å². The maximum Gasteiger partial charge on any atom is 0.417 e. The number of rotatable bonds is 4. The van der Waals surface area contributed by atoms with Crippen molar-refractivity contribution in [3.63, 3.8) is 0 Å². The van der Waals surface area contributed by atoms with Gasteiger partial charge in [0.2, 0.25) is 15.9 Å². The molecule has 23 heavy (non-hydrogen) atoms. The smallest absolute Gasteiger partial charge is 0.341 e. The standard InChI is InChI=1S/C14H17F3N2O3S/c1-10(13(20)19-8-4-5-9-19)18-23(21,22)12-7-3-2-6-11(12)14(15,16)17/h2-3,6-7,10,18H,4-5,8-9H2,1H3/t10-/m0/s1. The quantitative estimate of drug-likeness (QED) is 0.903. The molecule has 1 aliphatic heterocycles. The van der Waals surface area contributed by atoms with Gasteiger partial charge in [0, 0.05) is 13.1 Å². The van der Waals surface area contributed by atoms with Crippen LogP contribution in [0.25, 0.3) is 0 Å². The maximum atomic E-state index is 13.0. The van der Waals surface area contributed by atoms with Gasteiger partial charge >= 0.3 is 6.18 Å². The van der Waals surface area contributed by atoms with Gasteiger partial charge in [-0.2, -0.15) is 17.9 Å². The lowest BCUT2D eigenvalue weighted by Crippen LogP contribution is -2.46. The number of carbonyl (C=O) groups excluding carboxylic acids is 1. The average molecular weight is 350 g/mol. The van der Waals surface area contributed by atoms with E-state index in [-0.39, 0.29) is 0 Å². The van der Waals surface area contributed by atoms with E-state index < -0.39 is 38.6 Å².